The lowest BCUT2D eigenvalue weighted by molar-refractivity contribution is 0.111. The molecule has 0 amide bonds. The lowest BCUT2D eigenvalue weighted by Crippen LogP contribution is -2.51. The van der Waals surface area contributed by atoms with Crippen LogP contribution in [-0.2, 0) is 0 Å². The van der Waals surface area contributed by atoms with Gasteiger partial charge in [0, 0.05) is 18.6 Å². The highest BCUT2D eigenvalue weighted by Crippen LogP contribution is 2.18. The van der Waals surface area contributed by atoms with Gasteiger partial charge in [-0.05, 0) is 45.7 Å². The molecular weight excluding hydrogens is 196 g/mol. The molecule has 0 radical (unpaired) electrons. The van der Waals surface area contributed by atoms with E-state index in [1.807, 2.05) is 0 Å². The molecule has 2 unspecified atom stereocenters. The minimum absolute atomic E-state index is 0.689. The van der Waals surface area contributed by atoms with E-state index in [0.717, 1.165) is 12.0 Å². The van der Waals surface area contributed by atoms with E-state index in [-0.39, 0.29) is 0 Å². The number of unbranched alkanes of at least 4 members (excludes halogenated alkanes) is 2. The number of rotatable bonds is 6. The zero-order chi connectivity index (χ0) is 12.0. The number of hydrogen-bond acceptors (Lipinski definition) is 2. The van der Waals surface area contributed by atoms with Gasteiger partial charge in [-0.1, -0.05) is 26.7 Å². The van der Waals surface area contributed by atoms with Gasteiger partial charge in [-0.15, -0.1) is 0 Å². The first-order valence-electron chi connectivity index (χ1n) is 7.11. The summed E-state index contributed by atoms with van der Waals surface area (Å²) in [4.78, 5) is 2.71. The van der Waals surface area contributed by atoms with E-state index in [9.17, 15) is 0 Å². The fourth-order valence-electron chi connectivity index (χ4n) is 2.79. The molecule has 2 atom stereocenters. The van der Waals surface area contributed by atoms with Crippen molar-refractivity contribution in [1.29, 1.82) is 0 Å². The summed E-state index contributed by atoms with van der Waals surface area (Å²) in [6, 6.07) is 1.45. The molecule has 1 heterocycles. The Hall–Kier alpha value is -0.0800. The van der Waals surface area contributed by atoms with Gasteiger partial charge in [-0.3, -0.25) is 4.90 Å². The molecule has 0 aromatic rings. The van der Waals surface area contributed by atoms with Crippen molar-refractivity contribution in [1.82, 2.24) is 10.2 Å². The fraction of sp³-hybridized carbons (Fsp3) is 1.00. The minimum atomic E-state index is 0.689. The van der Waals surface area contributed by atoms with Crippen LogP contribution in [0.25, 0.3) is 0 Å². The minimum Gasteiger partial charge on any atom is -0.315 e. The number of piperidine rings is 1. The molecule has 1 rings (SSSR count). The van der Waals surface area contributed by atoms with Crippen LogP contribution in [0.1, 0.15) is 53.4 Å². The van der Waals surface area contributed by atoms with Crippen LogP contribution in [0.3, 0.4) is 0 Å². The molecule has 1 N–H and O–H groups in total. The van der Waals surface area contributed by atoms with Gasteiger partial charge in [0.25, 0.3) is 0 Å². The highest BCUT2D eigenvalue weighted by atomic mass is 15.2. The molecular formula is C14H30N2. The monoisotopic (exact) mass is 226 g/mol. The second kappa shape index (κ2) is 7.29. The number of nitrogens with one attached hydrogen (secondary N) is 1. The first-order valence-corrected chi connectivity index (χ1v) is 7.11. The van der Waals surface area contributed by atoms with Gasteiger partial charge in [0.1, 0.15) is 0 Å². The van der Waals surface area contributed by atoms with E-state index in [4.69, 9.17) is 0 Å². The van der Waals surface area contributed by atoms with Crippen molar-refractivity contribution in [2.75, 3.05) is 19.6 Å². The second-order valence-corrected chi connectivity index (χ2v) is 5.69. The Morgan fingerprint density at radius 3 is 2.56 bits per heavy atom. The highest BCUT2D eigenvalue weighted by Gasteiger charge is 2.25. The van der Waals surface area contributed by atoms with E-state index < -0.39 is 0 Å². The van der Waals surface area contributed by atoms with Crippen molar-refractivity contribution in [2.24, 2.45) is 5.92 Å². The summed E-state index contributed by atoms with van der Waals surface area (Å²) in [6.07, 6.45) is 5.43. The van der Waals surface area contributed by atoms with Crippen LogP contribution < -0.4 is 5.32 Å². The Morgan fingerprint density at radius 1 is 1.25 bits per heavy atom. The highest BCUT2D eigenvalue weighted by molar-refractivity contribution is 4.83. The molecule has 0 aromatic carbocycles. The van der Waals surface area contributed by atoms with Gasteiger partial charge in [0.15, 0.2) is 0 Å². The molecule has 0 spiro atoms. The third kappa shape index (κ3) is 4.42. The van der Waals surface area contributed by atoms with Gasteiger partial charge in [0.05, 0.1) is 0 Å². The Bertz CT molecular complexity index is 180. The van der Waals surface area contributed by atoms with Gasteiger partial charge >= 0.3 is 0 Å². The Morgan fingerprint density at radius 2 is 2.00 bits per heavy atom. The number of nitrogens with zero attached hydrogens (tertiary/aromatic N) is 1. The predicted molar refractivity (Wildman–Crippen MR) is 71.8 cm³/mol. The van der Waals surface area contributed by atoms with E-state index >= 15 is 0 Å². The second-order valence-electron chi connectivity index (χ2n) is 5.69. The maximum absolute atomic E-state index is 3.57. The van der Waals surface area contributed by atoms with Crippen LogP contribution in [0.15, 0.2) is 0 Å². The third-order valence-corrected chi connectivity index (χ3v) is 3.70. The maximum Gasteiger partial charge on any atom is 0.0226 e. The van der Waals surface area contributed by atoms with E-state index in [0.29, 0.717) is 6.04 Å². The molecule has 0 saturated carbocycles. The Labute approximate surface area is 102 Å². The van der Waals surface area contributed by atoms with Gasteiger partial charge in [-0.2, -0.15) is 0 Å². The maximum atomic E-state index is 3.57. The largest absolute Gasteiger partial charge is 0.315 e. The summed E-state index contributed by atoms with van der Waals surface area (Å²) in [5.41, 5.74) is 0. The van der Waals surface area contributed by atoms with Crippen molar-refractivity contribution in [3.8, 4) is 0 Å². The summed E-state index contributed by atoms with van der Waals surface area (Å²) in [6.45, 7) is 13.0. The summed E-state index contributed by atoms with van der Waals surface area (Å²) in [5.74, 6) is 0.839. The van der Waals surface area contributed by atoms with Crippen LogP contribution in [0.4, 0.5) is 0 Å². The molecule has 16 heavy (non-hydrogen) atoms. The summed E-state index contributed by atoms with van der Waals surface area (Å²) >= 11 is 0. The normalized spacial score (nSPS) is 26.6. The zero-order valence-corrected chi connectivity index (χ0v) is 11.6. The SMILES string of the molecule is CCCCCN(C(C)C)C1CNCC(C)C1. The van der Waals surface area contributed by atoms with Gasteiger partial charge < -0.3 is 5.32 Å². The predicted octanol–water partition coefficient (Wildman–Crippen LogP) is 2.89. The molecule has 0 aromatic heterocycles. The van der Waals surface area contributed by atoms with Crippen molar-refractivity contribution in [2.45, 2.75) is 65.5 Å². The van der Waals surface area contributed by atoms with Crippen molar-refractivity contribution in [3.05, 3.63) is 0 Å². The average molecular weight is 226 g/mol. The molecule has 1 aliphatic rings. The topological polar surface area (TPSA) is 15.3 Å². The average Bonchev–Trinajstić information content (AvgIpc) is 2.24. The van der Waals surface area contributed by atoms with Crippen molar-refractivity contribution in [3.63, 3.8) is 0 Å². The quantitative estimate of drug-likeness (QED) is 0.701. The van der Waals surface area contributed by atoms with E-state index in [1.54, 1.807) is 0 Å². The Kier molecular flexibility index (Phi) is 6.37. The fourth-order valence-corrected chi connectivity index (χ4v) is 2.79. The lowest BCUT2D eigenvalue weighted by atomic mass is 9.95. The van der Waals surface area contributed by atoms with Gasteiger partial charge in [0.2, 0.25) is 0 Å². The molecule has 0 bridgehead atoms. The van der Waals surface area contributed by atoms with Crippen LogP contribution in [0, 0.1) is 5.92 Å². The number of hydrogen-bond donors (Lipinski definition) is 1. The van der Waals surface area contributed by atoms with Crippen LogP contribution in [0.2, 0.25) is 0 Å². The first kappa shape index (κ1) is 14.0. The van der Waals surface area contributed by atoms with Crippen LogP contribution in [0.5, 0.6) is 0 Å². The van der Waals surface area contributed by atoms with Crippen molar-refractivity contribution >= 4 is 0 Å². The van der Waals surface area contributed by atoms with Crippen LogP contribution >= 0.6 is 0 Å². The summed E-state index contributed by atoms with van der Waals surface area (Å²) in [7, 11) is 0. The Balaban J connectivity index is 2.41. The molecule has 1 fully saturated rings. The molecule has 2 nitrogen and oxygen atoms in total. The molecule has 2 heteroatoms. The molecule has 1 saturated heterocycles. The van der Waals surface area contributed by atoms with Gasteiger partial charge in [-0.25, -0.2) is 0 Å². The molecule has 1 aliphatic heterocycles. The molecule has 0 aliphatic carbocycles. The molecule has 96 valence electrons. The zero-order valence-electron chi connectivity index (χ0n) is 11.6. The van der Waals surface area contributed by atoms with E-state index in [1.165, 1.54) is 45.3 Å². The van der Waals surface area contributed by atoms with Crippen molar-refractivity contribution < 1.29 is 0 Å². The lowest BCUT2D eigenvalue weighted by Gasteiger charge is -2.39. The standard InChI is InChI=1S/C14H30N2/c1-5-6-7-8-16(12(2)3)14-9-13(4)10-15-11-14/h12-15H,5-11H2,1-4H3. The first-order chi connectivity index (χ1) is 7.65. The van der Waals surface area contributed by atoms with Crippen LogP contribution in [-0.4, -0.2) is 36.6 Å². The summed E-state index contributed by atoms with van der Waals surface area (Å²) < 4.78 is 0. The third-order valence-electron chi connectivity index (χ3n) is 3.70. The van der Waals surface area contributed by atoms with E-state index in [2.05, 4.69) is 37.9 Å². The summed E-state index contributed by atoms with van der Waals surface area (Å²) in [5, 5.41) is 3.57. The smallest absolute Gasteiger partial charge is 0.0226 e.